The van der Waals surface area contributed by atoms with Gasteiger partial charge in [-0.15, -0.1) is 0 Å². The number of nitrogens with zero attached hydrogens (tertiary/aromatic N) is 2. The van der Waals surface area contributed by atoms with Crippen LogP contribution in [0.15, 0.2) is 29.2 Å². The van der Waals surface area contributed by atoms with E-state index in [-0.39, 0.29) is 34.0 Å². The molecule has 0 unspecified atom stereocenters. The van der Waals surface area contributed by atoms with Gasteiger partial charge in [0, 0.05) is 23.7 Å². The molecule has 228 valence electrons. The van der Waals surface area contributed by atoms with Gasteiger partial charge in [0.05, 0.1) is 22.1 Å². The fourth-order valence-electron chi connectivity index (χ4n) is 5.78. The van der Waals surface area contributed by atoms with E-state index in [4.69, 9.17) is 5.10 Å². The summed E-state index contributed by atoms with van der Waals surface area (Å²) in [6.45, 7) is 12.1. The standard InChI is InChI=1S/C30H46N4O5S2/c1-29(2,3)24-18-22(12-13-27(24)41(38,39)33-30(4,5)6)26-19-25(32-34(26)20-21-10-8-7-9-11-21)28(35)31-23-14-16-40(36,37)17-15-23/h12-13,18-19,21,23,33H,7-11,14-17,20H2,1-6H3,(H,31,35). The minimum Gasteiger partial charge on any atom is -0.348 e. The number of nitrogens with one attached hydrogen (secondary N) is 2. The van der Waals surface area contributed by atoms with Gasteiger partial charge in [0.2, 0.25) is 10.0 Å². The first-order valence-corrected chi connectivity index (χ1v) is 18.0. The summed E-state index contributed by atoms with van der Waals surface area (Å²) >= 11 is 0. The van der Waals surface area contributed by atoms with E-state index in [1.54, 1.807) is 18.2 Å². The molecule has 9 nitrogen and oxygen atoms in total. The average Bonchev–Trinajstić information content (AvgIpc) is 3.27. The van der Waals surface area contributed by atoms with Gasteiger partial charge in [-0.3, -0.25) is 9.48 Å². The Labute approximate surface area is 245 Å². The van der Waals surface area contributed by atoms with E-state index in [9.17, 15) is 21.6 Å². The van der Waals surface area contributed by atoms with Gasteiger partial charge in [0.25, 0.3) is 5.91 Å². The molecule has 2 aliphatic rings. The summed E-state index contributed by atoms with van der Waals surface area (Å²) in [6.07, 6.45) is 6.62. The fourth-order valence-corrected chi connectivity index (χ4v) is 9.08. The van der Waals surface area contributed by atoms with Crippen LogP contribution in [-0.2, 0) is 31.8 Å². The monoisotopic (exact) mass is 606 g/mol. The van der Waals surface area contributed by atoms with Crippen LogP contribution < -0.4 is 10.0 Å². The summed E-state index contributed by atoms with van der Waals surface area (Å²) in [5, 5.41) is 7.73. The molecule has 0 bridgehead atoms. The summed E-state index contributed by atoms with van der Waals surface area (Å²) in [5.74, 6) is 0.296. The van der Waals surface area contributed by atoms with Crippen LogP contribution in [-0.4, -0.2) is 55.6 Å². The maximum atomic E-state index is 13.4. The predicted octanol–water partition coefficient (Wildman–Crippen LogP) is 4.81. The molecule has 2 heterocycles. The van der Waals surface area contributed by atoms with Crippen LogP contribution in [0.3, 0.4) is 0 Å². The Balaban J connectivity index is 1.72. The summed E-state index contributed by atoms with van der Waals surface area (Å²) in [5.41, 5.74) is 1.45. The Morgan fingerprint density at radius 2 is 1.61 bits per heavy atom. The van der Waals surface area contributed by atoms with Gasteiger partial charge in [-0.2, -0.15) is 5.10 Å². The lowest BCUT2D eigenvalue weighted by molar-refractivity contribution is 0.0928. The van der Waals surface area contributed by atoms with E-state index in [0.29, 0.717) is 30.9 Å². The molecule has 4 rings (SSSR count). The predicted molar refractivity (Wildman–Crippen MR) is 162 cm³/mol. The molecular formula is C30H46N4O5S2. The Hall–Kier alpha value is -2.24. The quantitative estimate of drug-likeness (QED) is 0.466. The van der Waals surface area contributed by atoms with Crippen molar-refractivity contribution < 1.29 is 21.6 Å². The Kier molecular flexibility index (Phi) is 9.12. The molecule has 1 saturated carbocycles. The van der Waals surface area contributed by atoms with Crippen molar-refractivity contribution >= 4 is 25.8 Å². The molecule has 1 amide bonds. The highest BCUT2D eigenvalue weighted by atomic mass is 32.2. The van der Waals surface area contributed by atoms with Crippen LogP contribution in [0.2, 0.25) is 0 Å². The van der Waals surface area contributed by atoms with Crippen molar-refractivity contribution in [3.05, 3.63) is 35.5 Å². The molecular weight excluding hydrogens is 560 g/mol. The van der Waals surface area contributed by atoms with Gasteiger partial charge in [0.1, 0.15) is 9.84 Å². The summed E-state index contributed by atoms with van der Waals surface area (Å²) in [6, 6.07) is 6.95. The van der Waals surface area contributed by atoms with Gasteiger partial charge in [-0.1, -0.05) is 46.1 Å². The topological polar surface area (TPSA) is 127 Å². The molecule has 1 aliphatic carbocycles. The second kappa shape index (κ2) is 11.8. The molecule has 2 aromatic rings. The van der Waals surface area contributed by atoms with Crippen LogP contribution in [0.4, 0.5) is 0 Å². The minimum atomic E-state index is -3.78. The molecule has 1 aliphatic heterocycles. The smallest absolute Gasteiger partial charge is 0.272 e. The number of hydrogen-bond acceptors (Lipinski definition) is 6. The zero-order valence-corrected chi connectivity index (χ0v) is 26.9. The molecule has 2 N–H and O–H groups in total. The second-order valence-corrected chi connectivity index (χ2v) is 17.8. The fraction of sp³-hybridized carbons (Fsp3) is 0.667. The molecule has 1 saturated heterocycles. The lowest BCUT2D eigenvalue weighted by atomic mass is 9.85. The third kappa shape index (κ3) is 8.20. The van der Waals surface area contributed by atoms with Crippen LogP contribution in [0.5, 0.6) is 0 Å². The zero-order valence-electron chi connectivity index (χ0n) is 25.3. The van der Waals surface area contributed by atoms with Crippen LogP contribution in [0.25, 0.3) is 11.3 Å². The third-order valence-electron chi connectivity index (χ3n) is 7.87. The van der Waals surface area contributed by atoms with Crippen LogP contribution in [0.1, 0.15) is 103 Å². The number of sulfone groups is 1. The first-order valence-electron chi connectivity index (χ1n) is 14.7. The number of carbonyl (C=O) groups is 1. The van der Waals surface area contributed by atoms with Crippen molar-refractivity contribution in [3.63, 3.8) is 0 Å². The SMILES string of the molecule is CC(C)(C)NS(=O)(=O)c1ccc(-c2cc(C(=O)NC3CCS(=O)(=O)CC3)nn2CC2CCCCC2)cc1C(C)(C)C. The van der Waals surface area contributed by atoms with Gasteiger partial charge < -0.3 is 5.32 Å². The van der Waals surface area contributed by atoms with Gasteiger partial charge in [-0.05, 0) is 81.5 Å². The van der Waals surface area contributed by atoms with E-state index >= 15 is 0 Å². The van der Waals surface area contributed by atoms with E-state index < -0.39 is 30.8 Å². The summed E-state index contributed by atoms with van der Waals surface area (Å²) < 4.78 is 55.1. The normalized spacial score (nSPS) is 19.3. The number of rotatable bonds is 7. The van der Waals surface area contributed by atoms with Crippen molar-refractivity contribution in [2.45, 2.75) is 115 Å². The number of sulfonamides is 1. The first kappa shape index (κ1) is 31.7. The van der Waals surface area contributed by atoms with E-state index in [2.05, 4.69) is 10.0 Å². The summed E-state index contributed by atoms with van der Waals surface area (Å²) in [4.78, 5) is 13.5. The largest absolute Gasteiger partial charge is 0.348 e. The lowest BCUT2D eigenvalue weighted by Crippen LogP contribution is -2.41. The molecule has 2 fully saturated rings. The van der Waals surface area contributed by atoms with Crippen LogP contribution in [0, 0.1) is 5.92 Å². The van der Waals surface area contributed by atoms with Gasteiger partial charge in [-0.25, -0.2) is 21.6 Å². The van der Waals surface area contributed by atoms with E-state index in [1.807, 2.05) is 52.3 Å². The van der Waals surface area contributed by atoms with Crippen molar-refractivity contribution in [2.75, 3.05) is 11.5 Å². The Morgan fingerprint density at radius 3 is 2.20 bits per heavy atom. The molecule has 1 aromatic carbocycles. The van der Waals surface area contributed by atoms with Crippen molar-refractivity contribution in [1.29, 1.82) is 0 Å². The highest BCUT2D eigenvalue weighted by molar-refractivity contribution is 7.91. The molecule has 1 aromatic heterocycles. The third-order valence-corrected chi connectivity index (χ3v) is 11.4. The number of hydrogen-bond donors (Lipinski definition) is 2. The maximum Gasteiger partial charge on any atom is 0.272 e. The number of amides is 1. The van der Waals surface area contributed by atoms with E-state index in [1.165, 1.54) is 19.3 Å². The van der Waals surface area contributed by atoms with Gasteiger partial charge >= 0.3 is 0 Å². The maximum absolute atomic E-state index is 13.4. The van der Waals surface area contributed by atoms with Crippen molar-refractivity contribution in [1.82, 2.24) is 19.8 Å². The summed E-state index contributed by atoms with van der Waals surface area (Å²) in [7, 11) is -6.81. The number of benzene rings is 1. The molecule has 0 radical (unpaired) electrons. The van der Waals surface area contributed by atoms with Crippen molar-refractivity contribution in [3.8, 4) is 11.3 Å². The number of carbonyl (C=O) groups excluding carboxylic acids is 1. The Bertz CT molecular complexity index is 1460. The molecule has 11 heteroatoms. The van der Waals surface area contributed by atoms with E-state index in [0.717, 1.165) is 24.1 Å². The zero-order chi connectivity index (χ0) is 30.2. The van der Waals surface area contributed by atoms with Crippen LogP contribution >= 0.6 is 0 Å². The van der Waals surface area contributed by atoms with Crippen molar-refractivity contribution in [2.24, 2.45) is 5.92 Å². The first-order chi connectivity index (χ1) is 18.9. The highest BCUT2D eigenvalue weighted by Crippen LogP contribution is 2.35. The molecule has 41 heavy (non-hydrogen) atoms. The highest BCUT2D eigenvalue weighted by Gasteiger charge is 2.31. The number of aromatic nitrogens is 2. The Morgan fingerprint density at radius 1 is 0.976 bits per heavy atom. The second-order valence-electron chi connectivity index (χ2n) is 13.8. The average molecular weight is 607 g/mol. The minimum absolute atomic E-state index is 0.0776. The lowest BCUT2D eigenvalue weighted by Gasteiger charge is -2.27. The molecule has 0 spiro atoms. The molecule has 0 atom stereocenters. The van der Waals surface area contributed by atoms with Gasteiger partial charge in [0.15, 0.2) is 5.69 Å².